The molecule has 156 valence electrons. The van der Waals surface area contributed by atoms with E-state index in [4.69, 9.17) is 25.8 Å². The third-order valence-electron chi connectivity index (χ3n) is 2.82. The van der Waals surface area contributed by atoms with E-state index in [9.17, 15) is 18.8 Å². The maximum Gasteiger partial charge on any atom is 0.424 e. The Morgan fingerprint density at radius 2 is 1.54 bits per heavy atom. The van der Waals surface area contributed by atoms with Crippen molar-refractivity contribution in [3.63, 3.8) is 0 Å². The number of halogens is 2. The number of nitrogens with zero attached hydrogens (tertiary/aromatic N) is 2. The van der Waals surface area contributed by atoms with Gasteiger partial charge in [-0.1, -0.05) is 11.6 Å². The number of hydrogen-bond donors (Lipinski definition) is 0. The van der Waals surface area contributed by atoms with E-state index in [0.717, 1.165) is 6.20 Å². The molecule has 0 aliphatic carbocycles. The third kappa shape index (κ3) is 6.33. The monoisotopic (exact) mass is 418 g/mol. The summed E-state index contributed by atoms with van der Waals surface area (Å²) in [4.78, 5) is 41.5. The summed E-state index contributed by atoms with van der Waals surface area (Å²) in [5.41, 5.74) is -3.29. The fourth-order valence-electron chi connectivity index (χ4n) is 1.90. The van der Waals surface area contributed by atoms with Crippen LogP contribution < -0.4 is 4.90 Å². The Morgan fingerprint density at radius 3 is 1.93 bits per heavy atom. The smallest absolute Gasteiger partial charge is 0.424 e. The first kappa shape index (κ1) is 23.6. The summed E-state index contributed by atoms with van der Waals surface area (Å²) in [7, 11) is 0. The molecule has 0 N–H and O–H groups in total. The number of imide groups is 1. The van der Waals surface area contributed by atoms with Crippen LogP contribution in [0.1, 0.15) is 58.8 Å². The van der Waals surface area contributed by atoms with Crippen molar-refractivity contribution in [3.05, 3.63) is 22.7 Å². The molecular formula is C18H24ClFN2O6. The SMILES string of the molecule is CCOC(=O)c1cnc(Cl)c(F)c1N(C(=O)OC(C)(C)C)C(=O)OC(C)(C)C. The summed E-state index contributed by atoms with van der Waals surface area (Å²) < 4.78 is 30.1. The number of rotatable bonds is 3. The fraction of sp³-hybridized carbons (Fsp3) is 0.556. The average molecular weight is 419 g/mol. The van der Waals surface area contributed by atoms with Gasteiger partial charge >= 0.3 is 18.2 Å². The van der Waals surface area contributed by atoms with Gasteiger partial charge in [-0.3, -0.25) is 0 Å². The van der Waals surface area contributed by atoms with Gasteiger partial charge in [-0.2, -0.15) is 4.90 Å². The summed E-state index contributed by atoms with van der Waals surface area (Å²) in [5, 5.41) is -0.653. The zero-order valence-corrected chi connectivity index (χ0v) is 17.6. The molecule has 2 amide bonds. The highest BCUT2D eigenvalue weighted by Gasteiger charge is 2.38. The second-order valence-corrected chi connectivity index (χ2v) is 8.00. The lowest BCUT2D eigenvalue weighted by Crippen LogP contribution is -2.45. The molecule has 28 heavy (non-hydrogen) atoms. The largest absolute Gasteiger partial charge is 0.462 e. The summed E-state index contributed by atoms with van der Waals surface area (Å²) in [6, 6.07) is 0. The van der Waals surface area contributed by atoms with Crippen molar-refractivity contribution >= 4 is 35.4 Å². The summed E-state index contributed by atoms with van der Waals surface area (Å²) in [6.45, 7) is 10.8. The molecule has 0 bridgehead atoms. The molecule has 10 heteroatoms. The zero-order chi connectivity index (χ0) is 21.9. The molecule has 1 aromatic heterocycles. The number of hydrogen-bond acceptors (Lipinski definition) is 7. The number of ether oxygens (including phenoxy) is 3. The molecule has 0 aromatic carbocycles. The molecule has 0 spiro atoms. The fourth-order valence-corrected chi connectivity index (χ4v) is 2.04. The van der Waals surface area contributed by atoms with Crippen LogP contribution in [0, 0.1) is 5.82 Å². The minimum atomic E-state index is -1.27. The van der Waals surface area contributed by atoms with Gasteiger partial charge in [0.05, 0.1) is 6.61 Å². The van der Waals surface area contributed by atoms with E-state index in [2.05, 4.69) is 4.98 Å². The van der Waals surface area contributed by atoms with Crippen LogP contribution in [0.3, 0.4) is 0 Å². The molecule has 1 heterocycles. The van der Waals surface area contributed by atoms with Gasteiger partial charge in [0.15, 0.2) is 11.0 Å². The lowest BCUT2D eigenvalue weighted by Gasteiger charge is -2.29. The van der Waals surface area contributed by atoms with Crippen LogP contribution in [0.2, 0.25) is 5.15 Å². The van der Waals surface area contributed by atoms with Crippen molar-refractivity contribution in [2.45, 2.75) is 59.7 Å². The first-order valence-corrected chi connectivity index (χ1v) is 8.83. The Labute approximate surface area is 167 Å². The molecule has 0 unspecified atom stereocenters. The van der Waals surface area contributed by atoms with E-state index < -0.39 is 51.6 Å². The highest BCUT2D eigenvalue weighted by atomic mass is 35.5. The van der Waals surface area contributed by atoms with Crippen LogP contribution in [0.5, 0.6) is 0 Å². The molecule has 0 radical (unpaired) electrons. The van der Waals surface area contributed by atoms with Gasteiger partial charge in [0.1, 0.15) is 22.5 Å². The third-order valence-corrected chi connectivity index (χ3v) is 3.09. The molecule has 0 fully saturated rings. The second kappa shape index (κ2) is 8.72. The highest BCUT2D eigenvalue weighted by molar-refractivity contribution is 6.30. The van der Waals surface area contributed by atoms with Gasteiger partial charge in [-0.25, -0.2) is 23.8 Å². The molecule has 1 rings (SSSR count). The maximum atomic E-state index is 14.8. The minimum Gasteiger partial charge on any atom is -0.462 e. The van der Waals surface area contributed by atoms with Crippen LogP contribution in [-0.4, -0.2) is 40.9 Å². The first-order valence-electron chi connectivity index (χ1n) is 8.45. The topological polar surface area (TPSA) is 95.0 Å². The Kier molecular flexibility index (Phi) is 7.36. The van der Waals surface area contributed by atoms with Crippen LogP contribution in [-0.2, 0) is 14.2 Å². The van der Waals surface area contributed by atoms with Gasteiger partial charge in [-0.15, -0.1) is 0 Å². The molecule has 0 saturated carbocycles. The van der Waals surface area contributed by atoms with Crippen molar-refractivity contribution in [2.24, 2.45) is 0 Å². The predicted molar refractivity (Wildman–Crippen MR) is 100 cm³/mol. The number of amides is 2. The van der Waals surface area contributed by atoms with Gasteiger partial charge in [0, 0.05) is 6.20 Å². The van der Waals surface area contributed by atoms with Gasteiger partial charge in [-0.05, 0) is 48.5 Å². The van der Waals surface area contributed by atoms with Crippen LogP contribution in [0.25, 0.3) is 0 Å². The van der Waals surface area contributed by atoms with E-state index in [1.165, 1.54) is 6.92 Å². The quantitative estimate of drug-likeness (QED) is 0.398. The molecule has 0 aliphatic rings. The lowest BCUT2D eigenvalue weighted by atomic mass is 10.2. The minimum absolute atomic E-state index is 0.0264. The van der Waals surface area contributed by atoms with Crippen LogP contribution >= 0.6 is 11.6 Å². The molecule has 0 aliphatic heterocycles. The van der Waals surface area contributed by atoms with Crippen molar-refractivity contribution in [3.8, 4) is 0 Å². The van der Waals surface area contributed by atoms with E-state index in [1.807, 2.05) is 0 Å². The highest BCUT2D eigenvalue weighted by Crippen LogP contribution is 2.31. The van der Waals surface area contributed by atoms with E-state index in [1.54, 1.807) is 41.5 Å². The second-order valence-electron chi connectivity index (χ2n) is 7.64. The number of esters is 1. The maximum absolute atomic E-state index is 14.8. The number of anilines is 1. The molecule has 0 atom stereocenters. The van der Waals surface area contributed by atoms with E-state index >= 15 is 0 Å². The number of carbonyl (C=O) groups excluding carboxylic acids is 3. The van der Waals surface area contributed by atoms with Gasteiger partial charge in [0.2, 0.25) is 0 Å². The van der Waals surface area contributed by atoms with E-state index in [0.29, 0.717) is 0 Å². The lowest BCUT2D eigenvalue weighted by molar-refractivity contribution is 0.0428. The predicted octanol–water partition coefficient (Wildman–Crippen LogP) is 4.73. The summed E-state index contributed by atoms with van der Waals surface area (Å²) in [5.74, 6) is -2.28. The molecule has 0 saturated heterocycles. The average Bonchev–Trinajstić information content (AvgIpc) is 2.48. The van der Waals surface area contributed by atoms with Crippen molar-refractivity contribution in [1.82, 2.24) is 4.98 Å². The summed E-state index contributed by atoms with van der Waals surface area (Å²) >= 11 is 5.72. The summed E-state index contributed by atoms with van der Waals surface area (Å²) in [6.07, 6.45) is -1.61. The molecule has 1 aromatic rings. The number of pyridine rings is 1. The molecule has 8 nitrogen and oxygen atoms in total. The van der Waals surface area contributed by atoms with E-state index in [-0.39, 0.29) is 11.5 Å². The van der Waals surface area contributed by atoms with Crippen molar-refractivity contribution < 1.29 is 33.0 Å². The normalized spacial score (nSPS) is 11.6. The Bertz CT molecular complexity index is 743. The Morgan fingerprint density at radius 1 is 1.07 bits per heavy atom. The Balaban J connectivity index is 3.64. The van der Waals surface area contributed by atoms with Gasteiger partial charge in [0.25, 0.3) is 0 Å². The van der Waals surface area contributed by atoms with Gasteiger partial charge < -0.3 is 14.2 Å². The number of carbonyl (C=O) groups is 3. The molecular weight excluding hydrogens is 395 g/mol. The number of aromatic nitrogens is 1. The standard InChI is InChI=1S/C18H24ClFN2O6/c1-8-26-14(23)10-9-21-13(19)11(20)12(10)22(15(24)27-17(2,3)4)16(25)28-18(5,6)7/h9H,8H2,1-7H3. The first-order chi connectivity index (χ1) is 12.7. The van der Waals surface area contributed by atoms with Crippen LogP contribution in [0.4, 0.5) is 19.7 Å². The zero-order valence-electron chi connectivity index (χ0n) is 16.9. The van der Waals surface area contributed by atoms with Crippen molar-refractivity contribution in [1.29, 1.82) is 0 Å². The van der Waals surface area contributed by atoms with Crippen molar-refractivity contribution in [2.75, 3.05) is 11.5 Å². The Hall–Kier alpha value is -2.42. The van der Waals surface area contributed by atoms with Crippen LogP contribution in [0.15, 0.2) is 6.20 Å².